The average Bonchev–Trinajstić information content (AvgIpc) is 3.40. The summed E-state index contributed by atoms with van der Waals surface area (Å²) < 4.78 is 24.9. The van der Waals surface area contributed by atoms with Gasteiger partial charge in [0.1, 0.15) is 10.8 Å². The van der Waals surface area contributed by atoms with Crippen LogP contribution in [0.25, 0.3) is 10.6 Å². The zero-order valence-electron chi connectivity index (χ0n) is 23.9. The van der Waals surface area contributed by atoms with E-state index in [1.165, 1.54) is 5.56 Å². The molecular weight excluding hydrogens is 578 g/mol. The monoisotopic (exact) mass is 611 g/mol. The number of furan rings is 1. The van der Waals surface area contributed by atoms with Crippen molar-refractivity contribution < 1.29 is 18.6 Å². The summed E-state index contributed by atoms with van der Waals surface area (Å²) in [6.07, 6.45) is 7.06. The third-order valence-corrected chi connectivity index (χ3v) is 9.96. The molecule has 5 aromatic rings. The molecule has 220 valence electrons. The Balaban J connectivity index is 1.11. The first-order valence-corrected chi connectivity index (χ1v) is 16.1. The van der Waals surface area contributed by atoms with Gasteiger partial charge in [-0.2, -0.15) is 0 Å². The Labute approximate surface area is 261 Å². The second-order valence-corrected chi connectivity index (χ2v) is 12.9. The van der Waals surface area contributed by atoms with Gasteiger partial charge in [0, 0.05) is 29.5 Å². The van der Waals surface area contributed by atoms with E-state index < -0.39 is 0 Å². The van der Waals surface area contributed by atoms with Crippen LogP contribution in [0.15, 0.2) is 108 Å². The number of thiazole rings is 1. The number of rotatable bonds is 11. The van der Waals surface area contributed by atoms with Crippen molar-refractivity contribution in [1.82, 2.24) is 4.98 Å². The Morgan fingerprint density at radius 2 is 1.65 bits per heavy atom. The molecule has 7 rings (SSSR count). The lowest BCUT2D eigenvalue weighted by Gasteiger charge is -2.36. The quantitative estimate of drug-likeness (QED) is 0.149. The fourth-order valence-electron chi connectivity index (χ4n) is 5.96. The van der Waals surface area contributed by atoms with Crippen molar-refractivity contribution in [3.05, 3.63) is 136 Å². The fourth-order valence-corrected chi connectivity index (χ4v) is 7.41. The van der Waals surface area contributed by atoms with Crippen molar-refractivity contribution >= 4 is 22.9 Å². The van der Waals surface area contributed by atoms with Gasteiger partial charge >= 0.3 is 0 Å². The van der Waals surface area contributed by atoms with Crippen LogP contribution in [0.5, 0.6) is 0 Å². The highest BCUT2D eigenvalue weighted by molar-refractivity contribution is 7.15. The molecule has 43 heavy (non-hydrogen) atoms. The molecule has 2 fully saturated rings. The lowest BCUT2D eigenvalue weighted by Crippen LogP contribution is -2.35. The minimum atomic E-state index is -0.168. The molecular formula is C36H34ClNO4S. The molecule has 0 radical (unpaired) electrons. The maximum Gasteiger partial charge on any atom is 0.145 e. The van der Waals surface area contributed by atoms with Crippen LogP contribution in [0.1, 0.15) is 59.0 Å². The molecule has 5 nitrogen and oxygen atoms in total. The Morgan fingerprint density at radius 1 is 0.884 bits per heavy atom. The van der Waals surface area contributed by atoms with E-state index in [2.05, 4.69) is 48.5 Å². The second kappa shape index (κ2) is 12.8. The summed E-state index contributed by atoms with van der Waals surface area (Å²) in [4.78, 5) is 5.87. The van der Waals surface area contributed by atoms with Gasteiger partial charge in [0.15, 0.2) is 0 Å². The van der Waals surface area contributed by atoms with Crippen LogP contribution in [0.4, 0.5) is 0 Å². The number of halogens is 1. The molecule has 1 saturated heterocycles. The number of hydrogen-bond donors (Lipinski definition) is 0. The molecule has 2 aromatic heterocycles. The summed E-state index contributed by atoms with van der Waals surface area (Å²) in [5.74, 6) is 0.845. The predicted molar refractivity (Wildman–Crippen MR) is 169 cm³/mol. The van der Waals surface area contributed by atoms with Crippen molar-refractivity contribution in [1.29, 1.82) is 0 Å². The molecule has 3 atom stereocenters. The van der Waals surface area contributed by atoms with Gasteiger partial charge in [-0.15, -0.1) is 11.3 Å². The van der Waals surface area contributed by atoms with E-state index in [1.54, 1.807) is 17.6 Å². The standard InChI is InChI=1S/C36H34ClNO4S/c37-31-14-13-27(18-30(31)36(15-16-36)35-38-21-34(43-35)32-12-7-17-40-32)33-20-28(41-23-26-10-5-2-6-11-26)19-29(42-33)24-39-22-25-8-3-1-4-9-25/h1-14,17-18,21,28-29,33H,15-16,19-20,22-24H2. The van der Waals surface area contributed by atoms with E-state index in [4.69, 9.17) is 35.2 Å². The molecule has 1 aliphatic carbocycles. The molecule has 1 saturated carbocycles. The first kappa shape index (κ1) is 28.5. The van der Waals surface area contributed by atoms with Gasteiger partial charge in [-0.05, 0) is 53.3 Å². The summed E-state index contributed by atoms with van der Waals surface area (Å²) in [6, 6.07) is 30.8. The first-order chi connectivity index (χ1) is 21.2. The van der Waals surface area contributed by atoms with Crippen LogP contribution < -0.4 is 0 Å². The van der Waals surface area contributed by atoms with E-state index in [-0.39, 0.29) is 23.7 Å². The van der Waals surface area contributed by atoms with Gasteiger partial charge in [-0.1, -0.05) is 84.4 Å². The molecule has 2 aliphatic rings. The highest BCUT2D eigenvalue weighted by atomic mass is 35.5. The number of hydrogen-bond acceptors (Lipinski definition) is 6. The SMILES string of the molecule is Clc1ccc(C2CC(OCc3ccccc3)CC(COCc3ccccc3)O2)cc1C1(c2ncc(-c3ccco3)s2)CC1. The topological polar surface area (TPSA) is 53.7 Å². The van der Waals surface area contributed by atoms with Gasteiger partial charge < -0.3 is 18.6 Å². The smallest absolute Gasteiger partial charge is 0.145 e. The van der Waals surface area contributed by atoms with Gasteiger partial charge in [0.05, 0.1) is 49.3 Å². The maximum absolute atomic E-state index is 6.89. The van der Waals surface area contributed by atoms with E-state index in [0.29, 0.717) is 19.8 Å². The Kier molecular flexibility index (Phi) is 8.46. The van der Waals surface area contributed by atoms with Crippen molar-refractivity contribution in [3.63, 3.8) is 0 Å². The molecule has 1 aliphatic heterocycles. The Hall–Kier alpha value is -3.26. The highest BCUT2D eigenvalue weighted by Gasteiger charge is 2.50. The highest BCUT2D eigenvalue weighted by Crippen LogP contribution is 2.57. The lowest BCUT2D eigenvalue weighted by atomic mass is 9.90. The van der Waals surface area contributed by atoms with Crippen LogP contribution in [0.2, 0.25) is 5.02 Å². The van der Waals surface area contributed by atoms with Gasteiger partial charge in [0.2, 0.25) is 0 Å². The van der Waals surface area contributed by atoms with E-state index in [0.717, 1.165) is 63.0 Å². The normalized spacial score (nSPS) is 21.1. The molecule has 0 N–H and O–H groups in total. The average molecular weight is 612 g/mol. The molecule has 3 unspecified atom stereocenters. The molecule has 7 heteroatoms. The van der Waals surface area contributed by atoms with Gasteiger partial charge in [-0.25, -0.2) is 4.98 Å². The minimum Gasteiger partial charge on any atom is -0.463 e. The summed E-state index contributed by atoms with van der Waals surface area (Å²) in [5.41, 5.74) is 4.40. The molecule has 3 heterocycles. The van der Waals surface area contributed by atoms with E-state index in [1.807, 2.05) is 48.7 Å². The zero-order chi connectivity index (χ0) is 29.1. The second-order valence-electron chi connectivity index (χ2n) is 11.5. The van der Waals surface area contributed by atoms with Crippen molar-refractivity contribution in [3.8, 4) is 10.6 Å². The molecule has 0 bridgehead atoms. The van der Waals surface area contributed by atoms with Gasteiger partial charge in [0.25, 0.3) is 0 Å². The van der Waals surface area contributed by atoms with Crippen LogP contribution >= 0.6 is 22.9 Å². The Bertz CT molecular complexity index is 1620. The number of aromatic nitrogens is 1. The van der Waals surface area contributed by atoms with Crippen LogP contribution in [-0.2, 0) is 32.8 Å². The fraction of sp³-hybridized carbons (Fsp3) is 0.306. The maximum atomic E-state index is 6.89. The van der Waals surface area contributed by atoms with Gasteiger partial charge in [-0.3, -0.25) is 0 Å². The molecule has 0 amide bonds. The van der Waals surface area contributed by atoms with E-state index in [9.17, 15) is 0 Å². The van der Waals surface area contributed by atoms with Crippen LogP contribution in [0.3, 0.4) is 0 Å². The third-order valence-electron chi connectivity index (χ3n) is 8.41. The third kappa shape index (κ3) is 6.49. The largest absolute Gasteiger partial charge is 0.463 e. The first-order valence-electron chi connectivity index (χ1n) is 14.9. The minimum absolute atomic E-state index is 0.0492. The summed E-state index contributed by atoms with van der Waals surface area (Å²) in [6.45, 7) is 1.64. The summed E-state index contributed by atoms with van der Waals surface area (Å²) >= 11 is 8.58. The van der Waals surface area contributed by atoms with E-state index >= 15 is 0 Å². The van der Waals surface area contributed by atoms with Crippen molar-refractivity contribution in [2.45, 2.75) is 62.6 Å². The number of nitrogens with zero attached hydrogens (tertiary/aromatic N) is 1. The molecule has 0 spiro atoms. The predicted octanol–water partition coefficient (Wildman–Crippen LogP) is 9.16. The number of benzene rings is 3. The zero-order valence-corrected chi connectivity index (χ0v) is 25.4. The summed E-state index contributed by atoms with van der Waals surface area (Å²) in [7, 11) is 0. The number of ether oxygens (including phenoxy) is 3. The lowest BCUT2D eigenvalue weighted by molar-refractivity contribution is -0.142. The summed E-state index contributed by atoms with van der Waals surface area (Å²) in [5, 5.41) is 1.85. The van der Waals surface area contributed by atoms with Crippen molar-refractivity contribution in [2.75, 3.05) is 6.61 Å². The Morgan fingerprint density at radius 3 is 2.37 bits per heavy atom. The van der Waals surface area contributed by atoms with Crippen molar-refractivity contribution in [2.24, 2.45) is 0 Å². The van der Waals surface area contributed by atoms with Crippen LogP contribution in [0, 0.1) is 0 Å². The van der Waals surface area contributed by atoms with Crippen LogP contribution in [-0.4, -0.2) is 23.8 Å². The molecule has 3 aromatic carbocycles.